The summed E-state index contributed by atoms with van der Waals surface area (Å²) in [5.74, 6) is -1.45. The highest BCUT2D eigenvalue weighted by molar-refractivity contribution is 6.31. The first-order chi connectivity index (χ1) is 9.51. The molecule has 2 aromatic rings. The van der Waals surface area contributed by atoms with Crippen molar-refractivity contribution in [1.29, 1.82) is 0 Å². The van der Waals surface area contributed by atoms with Crippen LogP contribution in [0.5, 0.6) is 5.75 Å². The molecule has 0 atom stereocenters. The van der Waals surface area contributed by atoms with E-state index in [2.05, 4.69) is 10.6 Å². The van der Waals surface area contributed by atoms with Gasteiger partial charge in [-0.25, -0.2) is 4.39 Å². The summed E-state index contributed by atoms with van der Waals surface area (Å²) < 4.78 is 13.7. The van der Waals surface area contributed by atoms with Crippen LogP contribution in [0.2, 0.25) is 5.02 Å². The van der Waals surface area contributed by atoms with Crippen molar-refractivity contribution < 1.29 is 14.3 Å². The molecule has 0 heterocycles. The summed E-state index contributed by atoms with van der Waals surface area (Å²) in [6.45, 7) is 0. The molecule has 0 saturated heterocycles. The van der Waals surface area contributed by atoms with Crippen molar-refractivity contribution in [3.8, 4) is 5.75 Å². The standard InChI is InChI=1S/C14H12ClFN2O2/c1-17-9-3-5-12(11(16)7-9)18-14(20)10-4-2-8(15)6-13(10)19/h2-7,17,19H,1H3,(H,18,20). The average Bonchev–Trinajstić information content (AvgIpc) is 2.40. The van der Waals surface area contributed by atoms with Gasteiger partial charge >= 0.3 is 0 Å². The first kappa shape index (κ1) is 14.1. The molecule has 0 aliphatic heterocycles. The van der Waals surface area contributed by atoms with Gasteiger partial charge in [-0.05, 0) is 36.4 Å². The SMILES string of the molecule is CNc1ccc(NC(=O)c2ccc(Cl)cc2O)c(F)c1. The maximum atomic E-state index is 13.7. The highest BCUT2D eigenvalue weighted by Gasteiger charge is 2.13. The van der Waals surface area contributed by atoms with Gasteiger partial charge < -0.3 is 15.7 Å². The predicted octanol–water partition coefficient (Wildman–Crippen LogP) is 3.48. The van der Waals surface area contributed by atoms with E-state index in [1.807, 2.05) is 0 Å². The molecule has 0 aliphatic rings. The third kappa shape index (κ3) is 3.00. The quantitative estimate of drug-likeness (QED) is 0.812. The van der Waals surface area contributed by atoms with Crippen LogP contribution in [0.15, 0.2) is 36.4 Å². The van der Waals surface area contributed by atoms with Crippen molar-refractivity contribution in [2.24, 2.45) is 0 Å². The van der Waals surface area contributed by atoms with E-state index in [4.69, 9.17) is 11.6 Å². The lowest BCUT2D eigenvalue weighted by Crippen LogP contribution is -2.13. The van der Waals surface area contributed by atoms with Crippen LogP contribution < -0.4 is 10.6 Å². The minimum atomic E-state index is -0.615. The monoisotopic (exact) mass is 294 g/mol. The highest BCUT2D eigenvalue weighted by atomic mass is 35.5. The van der Waals surface area contributed by atoms with E-state index < -0.39 is 11.7 Å². The second-order valence-corrected chi connectivity index (χ2v) is 4.50. The fourth-order valence-corrected chi connectivity index (χ4v) is 1.82. The molecule has 0 radical (unpaired) electrons. The molecule has 0 aliphatic carbocycles. The van der Waals surface area contributed by atoms with Gasteiger partial charge in [0.2, 0.25) is 0 Å². The second-order valence-electron chi connectivity index (χ2n) is 4.06. The smallest absolute Gasteiger partial charge is 0.259 e. The number of phenolic OH excluding ortho intramolecular Hbond substituents is 1. The Hall–Kier alpha value is -2.27. The van der Waals surface area contributed by atoms with E-state index in [0.29, 0.717) is 10.7 Å². The van der Waals surface area contributed by atoms with E-state index in [1.165, 1.54) is 30.3 Å². The number of rotatable bonds is 3. The number of benzene rings is 2. The molecule has 2 aromatic carbocycles. The number of carbonyl (C=O) groups excluding carboxylic acids is 1. The molecule has 1 amide bonds. The Morgan fingerprint density at radius 3 is 2.60 bits per heavy atom. The van der Waals surface area contributed by atoms with E-state index >= 15 is 0 Å². The fourth-order valence-electron chi connectivity index (χ4n) is 1.66. The van der Waals surface area contributed by atoms with Crippen LogP contribution >= 0.6 is 11.6 Å². The third-order valence-corrected chi connectivity index (χ3v) is 2.95. The number of phenols is 1. The van der Waals surface area contributed by atoms with Crippen molar-refractivity contribution in [3.05, 3.63) is 52.8 Å². The minimum absolute atomic E-state index is 0.0199. The first-order valence-electron chi connectivity index (χ1n) is 5.78. The topological polar surface area (TPSA) is 61.4 Å². The van der Waals surface area contributed by atoms with Crippen LogP contribution in [0.1, 0.15) is 10.4 Å². The number of hydrogen-bond acceptors (Lipinski definition) is 3. The average molecular weight is 295 g/mol. The lowest BCUT2D eigenvalue weighted by molar-refractivity contribution is 0.102. The molecule has 2 rings (SSSR count). The van der Waals surface area contributed by atoms with Gasteiger partial charge in [0.1, 0.15) is 11.6 Å². The van der Waals surface area contributed by atoms with Crippen LogP contribution in [-0.4, -0.2) is 18.1 Å². The van der Waals surface area contributed by atoms with Gasteiger partial charge in [0.05, 0.1) is 11.3 Å². The van der Waals surface area contributed by atoms with Gasteiger partial charge in [0.15, 0.2) is 0 Å². The summed E-state index contributed by atoms with van der Waals surface area (Å²) in [6, 6.07) is 8.41. The van der Waals surface area contributed by atoms with Crippen LogP contribution in [0.4, 0.5) is 15.8 Å². The molecular weight excluding hydrogens is 283 g/mol. The molecule has 0 bridgehead atoms. The van der Waals surface area contributed by atoms with Crippen molar-refractivity contribution >= 4 is 28.9 Å². The zero-order valence-electron chi connectivity index (χ0n) is 10.6. The first-order valence-corrected chi connectivity index (χ1v) is 6.16. The maximum Gasteiger partial charge on any atom is 0.259 e. The summed E-state index contributed by atoms with van der Waals surface area (Å²) in [7, 11) is 1.67. The summed E-state index contributed by atoms with van der Waals surface area (Å²) >= 11 is 5.68. The number of halogens is 2. The van der Waals surface area contributed by atoms with E-state index in [9.17, 15) is 14.3 Å². The van der Waals surface area contributed by atoms with Crippen molar-refractivity contribution in [3.63, 3.8) is 0 Å². The Bertz CT molecular complexity index is 662. The van der Waals surface area contributed by atoms with Crippen molar-refractivity contribution in [2.75, 3.05) is 17.7 Å². The Balaban J connectivity index is 2.23. The van der Waals surface area contributed by atoms with Gasteiger partial charge in [-0.1, -0.05) is 11.6 Å². The van der Waals surface area contributed by atoms with Crippen LogP contribution in [-0.2, 0) is 0 Å². The number of carbonyl (C=O) groups is 1. The fraction of sp³-hybridized carbons (Fsp3) is 0.0714. The van der Waals surface area contributed by atoms with Gasteiger partial charge in [-0.15, -0.1) is 0 Å². The van der Waals surface area contributed by atoms with Crippen molar-refractivity contribution in [2.45, 2.75) is 0 Å². The number of anilines is 2. The van der Waals surface area contributed by atoms with Crippen LogP contribution in [0, 0.1) is 5.82 Å². The molecule has 0 fully saturated rings. The Morgan fingerprint density at radius 1 is 1.25 bits per heavy atom. The Morgan fingerprint density at radius 2 is 2.00 bits per heavy atom. The van der Waals surface area contributed by atoms with E-state index in [-0.39, 0.29) is 17.0 Å². The van der Waals surface area contributed by atoms with E-state index in [0.717, 1.165) is 0 Å². The Labute approximate surface area is 120 Å². The number of amides is 1. The third-order valence-electron chi connectivity index (χ3n) is 2.71. The largest absolute Gasteiger partial charge is 0.507 e. The number of hydrogen-bond donors (Lipinski definition) is 3. The lowest BCUT2D eigenvalue weighted by atomic mass is 10.2. The number of aromatic hydroxyl groups is 1. The zero-order chi connectivity index (χ0) is 14.7. The Kier molecular flexibility index (Phi) is 4.10. The zero-order valence-corrected chi connectivity index (χ0v) is 11.3. The highest BCUT2D eigenvalue weighted by Crippen LogP contribution is 2.24. The van der Waals surface area contributed by atoms with Gasteiger partial charge in [-0.2, -0.15) is 0 Å². The maximum absolute atomic E-state index is 13.7. The molecule has 20 heavy (non-hydrogen) atoms. The van der Waals surface area contributed by atoms with E-state index in [1.54, 1.807) is 13.1 Å². The molecule has 6 heteroatoms. The molecule has 0 unspecified atom stereocenters. The van der Waals surface area contributed by atoms with Gasteiger partial charge in [0, 0.05) is 17.8 Å². The molecule has 0 spiro atoms. The molecule has 0 saturated carbocycles. The molecule has 4 nitrogen and oxygen atoms in total. The van der Waals surface area contributed by atoms with Gasteiger partial charge in [0.25, 0.3) is 5.91 Å². The predicted molar refractivity (Wildman–Crippen MR) is 77.0 cm³/mol. The normalized spacial score (nSPS) is 10.2. The van der Waals surface area contributed by atoms with Crippen LogP contribution in [0.25, 0.3) is 0 Å². The summed E-state index contributed by atoms with van der Waals surface area (Å²) in [4.78, 5) is 12.0. The molecule has 104 valence electrons. The molecule has 0 aromatic heterocycles. The second kappa shape index (κ2) is 5.79. The van der Waals surface area contributed by atoms with Crippen LogP contribution in [0.3, 0.4) is 0 Å². The summed E-state index contributed by atoms with van der Waals surface area (Å²) in [5.41, 5.74) is 0.643. The molecular formula is C14H12ClFN2O2. The summed E-state index contributed by atoms with van der Waals surface area (Å²) in [6.07, 6.45) is 0. The lowest BCUT2D eigenvalue weighted by Gasteiger charge is -2.09. The minimum Gasteiger partial charge on any atom is -0.507 e. The van der Waals surface area contributed by atoms with Crippen molar-refractivity contribution in [1.82, 2.24) is 0 Å². The molecule has 3 N–H and O–H groups in total. The van der Waals surface area contributed by atoms with Gasteiger partial charge in [-0.3, -0.25) is 4.79 Å². The summed E-state index contributed by atoms with van der Waals surface area (Å²) in [5, 5.41) is 15.1. The number of nitrogens with one attached hydrogen (secondary N) is 2.